The van der Waals surface area contributed by atoms with Crippen molar-refractivity contribution in [1.29, 1.82) is 0 Å². The average molecular weight is 369 g/mol. The molecule has 26 heavy (non-hydrogen) atoms. The van der Waals surface area contributed by atoms with Gasteiger partial charge in [-0.15, -0.1) is 0 Å². The first-order valence-corrected chi connectivity index (χ1v) is 10.3. The third-order valence-corrected chi connectivity index (χ3v) is 6.35. The van der Waals surface area contributed by atoms with Crippen molar-refractivity contribution in [3.05, 3.63) is 71.8 Å². The minimum atomic E-state index is -1.18. The molecule has 1 aliphatic rings. The largest absolute Gasteiger partial charge is 0.591 e. The van der Waals surface area contributed by atoms with Crippen LogP contribution in [0.2, 0.25) is 0 Å². The van der Waals surface area contributed by atoms with E-state index in [0.29, 0.717) is 5.92 Å². The predicted molar refractivity (Wildman–Crippen MR) is 111 cm³/mol. The van der Waals surface area contributed by atoms with Gasteiger partial charge in [0, 0.05) is 19.0 Å². The van der Waals surface area contributed by atoms with E-state index in [1.165, 1.54) is 11.1 Å². The van der Waals surface area contributed by atoms with Crippen LogP contribution in [0, 0.1) is 5.92 Å². The van der Waals surface area contributed by atoms with Gasteiger partial charge in [-0.25, -0.2) is 0 Å². The molecule has 1 fully saturated rings. The molecule has 0 radical (unpaired) electrons. The highest BCUT2D eigenvalue weighted by molar-refractivity contribution is 7.91. The second kappa shape index (κ2) is 7.95. The molecule has 0 aliphatic carbocycles. The van der Waals surface area contributed by atoms with E-state index in [1.807, 2.05) is 27.7 Å². The van der Waals surface area contributed by atoms with Crippen molar-refractivity contribution in [2.75, 3.05) is 13.1 Å². The van der Waals surface area contributed by atoms with Gasteiger partial charge < -0.3 is 4.55 Å². The maximum atomic E-state index is 12.3. The highest BCUT2D eigenvalue weighted by atomic mass is 32.2. The molecule has 3 rings (SSSR count). The van der Waals surface area contributed by atoms with E-state index in [1.54, 1.807) is 0 Å². The number of nitrogens with zero attached hydrogens (tertiary/aromatic N) is 2. The molecule has 1 unspecified atom stereocenters. The zero-order chi connectivity index (χ0) is 18.7. The van der Waals surface area contributed by atoms with Crippen molar-refractivity contribution in [3.8, 4) is 0 Å². The number of hydrogen-bond acceptors (Lipinski definition) is 3. The van der Waals surface area contributed by atoms with Crippen LogP contribution in [0.4, 0.5) is 0 Å². The van der Waals surface area contributed by atoms with Gasteiger partial charge >= 0.3 is 0 Å². The summed E-state index contributed by atoms with van der Waals surface area (Å²) in [5, 5.41) is 0. The Hall–Kier alpha value is -1.62. The third kappa shape index (κ3) is 4.37. The second-order valence-corrected chi connectivity index (χ2v) is 9.87. The van der Waals surface area contributed by atoms with Crippen LogP contribution in [0.25, 0.3) is 0 Å². The van der Waals surface area contributed by atoms with Crippen molar-refractivity contribution in [2.45, 2.75) is 38.5 Å². The highest BCUT2D eigenvalue weighted by Gasteiger charge is 2.37. The first-order chi connectivity index (χ1) is 12.4. The number of hydrogen-bond donors (Lipinski definition) is 0. The van der Waals surface area contributed by atoms with Gasteiger partial charge in [0.15, 0.2) is 0 Å². The average Bonchev–Trinajstić information content (AvgIpc) is 2.58. The molecule has 1 saturated heterocycles. The lowest BCUT2D eigenvalue weighted by Gasteiger charge is -2.44. The number of likely N-dealkylation sites (tertiary alicyclic amines) is 1. The molecule has 2 aromatic rings. The molecule has 0 bridgehead atoms. The van der Waals surface area contributed by atoms with Gasteiger partial charge in [-0.3, -0.25) is 4.90 Å². The van der Waals surface area contributed by atoms with E-state index in [9.17, 15) is 4.55 Å². The molecule has 2 aromatic carbocycles. The van der Waals surface area contributed by atoms with Crippen molar-refractivity contribution in [3.63, 3.8) is 0 Å². The normalized spacial score (nSPS) is 18.0. The predicted octanol–water partition coefficient (Wildman–Crippen LogP) is 4.63. The second-order valence-electron chi connectivity index (χ2n) is 7.97. The first-order valence-electron chi connectivity index (χ1n) is 9.17. The number of rotatable bonds is 5. The lowest BCUT2D eigenvalue weighted by Crippen LogP contribution is -2.51. The van der Waals surface area contributed by atoms with E-state index in [2.05, 4.69) is 70.0 Å². The molecule has 1 aliphatic heterocycles. The molecule has 1 heterocycles. The fourth-order valence-electron chi connectivity index (χ4n) is 3.21. The summed E-state index contributed by atoms with van der Waals surface area (Å²) in [6.45, 7) is 9.82. The van der Waals surface area contributed by atoms with Crippen LogP contribution in [-0.2, 0) is 11.4 Å². The summed E-state index contributed by atoms with van der Waals surface area (Å²) in [7, 11) is 0. The van der Waals surface area contributed by atoms with Gasteiger partial charge in [-0.2, -0.15) is 0 Å². The molecule has 138 valence electrons. The molecule has 0 spiro atoms. The molecule has 3 nitrogen and oxygen atoms in total. The summed E-state index contributed by atoms with van der Waals surface area (Å²) in [4.78, 5) is 2.48. The van der Waals surface area contributed by atoms with Gasteiger partial charge in [0.1, 0.15) is 16.1 Å². The van der Waals surface area contributed by atoms with E-state index >= 15 is 0 Å². The summed E-state index contributed by atoms with van der Waals surface area (Å²) in [6, 6.07) is 21.6. The van der Waals surface area contributed by atoms with Gasteiger partial charge in [0.05, 0.1) is 11.8 Å². The monoisotopic (exact) mass is 368 g/mol. The van der Waals surface area contributed by atoms with Gasteiger partial charge in [0.25, 0.3) is 0 Å². The summed E-state index contributed by atoms with van der Waals surface area (Å²) in [5.41, 5.74) is 3.63. The van der Waals surface area contributed by atoms with Crippen LogP contribution in [0.15, 0.2) is 65.1 Å². The van der Waals surface area contributed by atoms with Crippen LogP contribution in [-0.4, -0.2) is 33.0 Å². The van der Waals surface area contributed by atoms with Crippen LogP contribution < -0.4 is 0 Å². The van der Waals surface area contributed by atoms with Crippen LogP contribution in [0.3, 0.4) is 0 Å². The zero-order valence-electron chi connectivity index (χ0n) is 16.1. The summed E-state index contributed by atoms with van der Waals surface area (Å²) in [6.07, 6.45) is 0. The van der Waals surface area contributed by atoms with E-state index < -0.39 is 11.4 Å². The topological polar surface area (TPSA) is 38.7 Å². The summed E-state index contributed by atoms with van der Waals surface area (Å²) >= 11 is -1.18. The Morgan fingerprint density at radius 3 is 1.88 bits per heavy atom. The Balaban J connectivity index is 1.75. The summed E-state index contributed by atoms with van der Waals surface area (Å²) in [5.74, 6) is 0.385. The fraction of sp³-hybridized carbons (Fsp3) is 0.409. The highest BCUT2D eigenvalue weighted by Crippen LogP contribution is 2.35. The van der Waals surface area contributed by atoms with E-state index in [-0.39, 0.29) is 10.8 Å². The molecular formula is C22H28N2OS. The van der Waals surface area contributed by atoms with Gasteiger partial charge in [-0.05, 0) is 38.8 Å². The third-order valence-electron chi connectivity index (χ3n) is 4.85. The maximum Gasteiger partial charge on any atom is 0.144 e. The zero-order valence-corrected chi connectivity index (χ0v) is 16.9. The molecule has 0 saturated carbocycles. The fourth-order valence-corrected chi connectivity index (χ4v) is 3.90. The minimum absolute atomic E-state index is 0.259. The molecule has 1 atom stereocenters. The van der Waals surface area contributed by atoms with E-state index in [0.717, 1.165) is 18.8 Å². The first kappa shape index (κ1) is 19.2. The van der Waals surface area contributed by atoms with Gasteiger partial charge in [0.2, 0.25) is 0 Å². The molecule has 4 heteroatoms. The number of benzene rings is 2. The molecule has 0 aromatic heterocycles. The van der Waals surface area contributed by atoms with Gasteiger partial charge in [-0.1, -0.05) is 65.1 Å². The molecule has 0 N–H and O–H groups in total. The Morgan fingerprint density at radius 2 is 1.46 bits per heavy atom. The van der Waals surface area contributed by atoms with E-state index in [4.69, 9.17) is 0 Å². The summed E-state index contributed by atoms with van der Waals surface area (Å²) < 4.78 is 16.5. The van der Waals surface area contributed by atoms with Crippen LogP contribution in [0.5, 0.6) is 0 Å². The Morgan fingerprint density at radius 1 is 1.00 bits per heavy atom. The Bertz CT molecular complexity index is 694. The lowest BCUT2D eigenvalue weighted by molar-refractivity contribution is 0.105. The SMILES string of the molecule is C/C(=N\[S+]([O-])C(C)(C)C)C1CN(C(c2ccccc2)c2ccccc2)C1. The van der Waals surface area contributed by atoms with Crippen LogP contribution >= 0.6 is 0 Å². The standard InChI is InChI=1S/C22H28N2OS/c1-17(23-26(25)22(2,3)4)20-15-24(16-20)21(18-11-7-5-8-12-18)19-13-9-6-10-14-19/h5-14,20-21H,15-16H2,1-4H3/b23-17+. The quantitative estimate of drug-likeness (QED) is 0.570. The smallest absolute Gasteiger partial charge is 0.144 e. The molecule has 0 amide bonds. The van der Waals surface area contributed by atoms with Crippen molar-refractivity contribution < 1.29 is 4.55 Å². The lowest BCUT2D eigenvalue weighted by atomic mass is 9.88. The van der Waals surface area contributed by atoms with Crippen molar-refractivity contribution in [1.82, 2.24) is 4.90 Å². The van der Waals surface area contributed by atoms with Crippen LogP contribution in [0.1, 0.15) is 44.9 Å². The van der Waals surface area contributed by atoms with Crippen molar-refractivity contribution in [2.24, 2.45) is 10.3 Å². The molecular weight excluding hydrogens is 340 g/mol. The van der Waals surface area contributed by atoms with Crippen molar-refractivity contribution >= 4 is 17.1 Å². The maximum absolute atomic E-state index is 12.3. The Kier molecular flexibility index (Phi) is 5.86. The Labute approximate surface area is 160 Å². The minimum Gasteiger partial charge on any atom is -0.591 e.